The first-order chi connectivity index (χ1) is 7.27. The zero-order chi connectivity index (χ0) is 11.1. The van der Waals surface area contributed by atoms with Gasteiger partial charge in [0.2, 0.25) is 0 Å². The van der Waals surface area contributed by atoms with Crippen LogP contribution in [0.1, 0.15) is 19.4 Å². The van der Waals surface area contributed by atoms with Crippen LogP contribution >= 0.6 is 0 Å². The van der Waals surface area contributed by atoms with Crippen molar-refractivity contribution in [1.29, 1.82) is 0 Å². The summed E-state index contributed by atoms with van der Waals surface area (Å²) in [6, 6.07) is 5.26. The Balaban J connectivity index is 2.66. The highest BCUT2D eigenvalue weighted by atomic mass is 16.7. The molecule has 0 fully saturated rings. The average molecular weight is 208 g/mol. The Bertz CT molecular complexity index is 332. The molecule has 3 nitrogen and oxygen atoms in total. The Morgan fingerprint density at radius 3 is 2.80 bits per heavy atom. The quantitative estimate of drug-likeness (QED) is 0.597. The van der Waals surface area contributed by atoms with Gasteiger partial charge in [-0.1, -0.05) is 18.2 Å². The lowest BCUT2D eigenvalue weighted by atomic mass is 10.2. The maximum Gasteiger partial charge on any atom is 0.189 e. The molecule has 0 spiro atoms. The van der Waals surface area contributed by atoms with E-state index in [-0.39, 0.29) is 12.5 Å². The molecule has 1 aromatic carbocycles. The van der Waals surface area contributed by atoms with Crippen LogP contribution in [0.3, 0.4) is 0 Å². The zero-order valence-corrected chi connectivity index (χ0v) is 9.06. The van der Waals surface area contributed by atoms with Crippen molar-refractivity contribution < 1.29 is 14.6 Å². The standard InChI is InChI=1S/C12H16O3/c1-3-5-10-6-7-12(11(13)8-10)15-9-14-4-2/h3,5-8,13H,4,9H2,1-2H3. The first-order valence-electron chi connectivity index (χ1n) is 4.94. The molecule has 15 heavy (non-hydrogen) atoms. The second-order valence-corrected chi connectivity index (χ2v) is 2.98. The van der Waals surface area contributed by atoms with Gasteiger partial charge in [0.15, 0.2) is 18.3 Å². The molecule has 0 amide bonds. The molecular weight excluding hydrogens is 192 g/mol. The predicted molar refractivity (Wildman–Crippen MR) is 59.9 cm³/mol. The lowest BCUT2D eigenvalue weighted by Crippen LogP contribution is -2.02. The molecule has 0 bridgehead atoms. The fraction of sp³-hybridized carbons (Fsp3) is 0.333. The summed E-state index contributed by atoms with van der Waals surface area (Å²) in [7, 11) is 0. The third-order valence-corrected chi connectivity index (χ3v) is 1.84. The molecule has 0 radical (unpaired) electrons. The van der Waals surface area contributed by atoms with Gasteiger partial charge in [-0.05, 0) is 31.5 Å². The number of phenolic OH excluding ortho intramolecular Hbond substituents is 1. The molecule has 1 N–H and O–H groups in total. The van der Waals surface area contributed by atoms with E-state index >= 15 is 0 Å². The second-order valence-electron chi connectivity index (χ2n) is 2.98. The molecule has 0 heterocycles. The highest BCUT2D eigenvalue weighted by Crippen LogP contribution is 2.27. The minimum Gasteiger partial charge on any atom is -0.504 e. The number of allylic oxidation sites excluding steroid dienone is 1. The Morgan fingerprint density at radius 2 is 2.20 bits per heavy atom. The maximum atomic E-state index is 9.60. The highest BCUT2D eigenvalue weighted by Gasteiger charge is 2.01. The maximum absolute atomic E-state index is 9.60. The third-order valence-electron chi connectivity index (χ3n) is 1.84. The van der Waals surface area contributed by atoms with E-state index in [2.05, 4.69) is 0 Å². The Hall–Kier alpha value is -1.48. The summed E-state index contributed by atoms with van der Waals surface area (Å²) in [5.74, 6) is 0.571. The van der Waals surface area contributed by atoms with E-state index in [1.165, 1.54) is 0 Å². The summed E-state index contributed by atoms with van der Waals surface area (Å²) in [4.78, 5) is 0. The number of benzene rings is 1. The van der Waals surface area contributed by atoms with Gasteiger partial charge in [0.05, 0.1) is 0 Å². The summed E-state index contributed by atoms with van der Waals surface area (Å²) >= 11 is 0. The van der Waals surface area contributed by atoms with E-state index in [1.54, 1.807) is 12.1 Å². The summed E-state index contributed by atoms with van der Waals surface area (Å²) in [5.41, 5.74) is 0.943. The summed E-state index contributed by atoms with van der Waals surface area (Å²) in [6.45, 7) is 4.57. The number of rotatable bonds is 5. The van der Waals surface area contributed by atoms with E-state index in [1.807, 2.05) is 32.1 Å². The minimum atomic E-state index is 0.130. The van der Waals surface area contributed by atoms with E-state index in [4.69, 9.17) is 9.47 Å². The van der Waals surface area contributed by atoms with Crippen molar-refractivity contribution >= 4 is 6.08 Å². The van der Waals surface area contributed by atoms with Gasteiger partial charge in [-0.2, -0.15) is 0 Å². The molecule has 1 aromatic rings. The molecule has 82 valence electrons. The topological polar surface area (TPSA) is 38.7 Å². The van der Waals surface area contributed by atoms with Crippen LogP contribution in [0.25, 0.3) is 6.08 Å². The van der Waals surface area contributed by atoms with E-state index in [0.717, 1.165) is 5.56 Å². The van der Waals surface area contributed by atoms with Crippen LogP contribution in [0.4, 0.5) is 0 Å². The van der Waals surface area contributed by atoms with Gasteiger partial charge in [0, 0.05) is 6.61 Å². The van der Waals surface area contributed by atoms with Gasteiger partial charge in [-0.15, -0.1) is 0 Å². The second kappa shape index (κ2) is 6.09. The van der Waals surface area contributed by atoms with Crippen molar-refractivity contribution in [1.82, 2.24) is 0 Å². The highest BCUT2D eigenvalue weighted by molar-refractivity contribution is 5.55. The molecule has 0 aliphatic rings. The van der Waals surface area contributed by atoms with Crippen molar-refractivity contribution in [3.63, 3.8) is 0 Å². The number of hydrogen-bond acceptors (Lipinski definition) is 3. The number of aromatic hydroxyl groups is 1. The van der Waals surface area contributed by atoms with Gasteiger partial charge in [-0.3, -0.25) is 0 Å². The van der Waals surface area contributed by atoms with E-state index in [0.29, 0.717) is 12.4 Å². The minimum absolute atomic E-state index is 0.130. The van der Waals surface area contributed by atoms with Gasteiger partial charge < -0.3 is 14.6 Å². The SMILES string of the molecule is CC=Cc1ccc(OCOCC)c(O)c1. The normalized spacial score (nSPS) is 10.8. The van der Waals surface area contributed by atoms with Crippen molar-refractivity contribution in [2.75, 3.05) is 13.4 Å². The van der Waals surface area contributed by atoms with Crippen LogP contribution in [0.15, 0.2) is 24.3 Å². The van der Waals surface area contributed by atoms with Crippen LogP contribution in [0, 0.1) is 0 Å². The Labute approximate surface area is 90.0 Å². The first-order valence-corrected chi connectivity index (χ1v) is 4.94. The van der Waals surface area contributed by atoms with Crippen LogP contribution in [0.2, 0.25) is 0 Å². The summed E-state index contributed by atoms with van der Waals surface area (Å²) < 4.78 is 10.2. The average Bonchev–Trinajstić information content (AvgIpc) is 2.22. The zero-order valence-electron chi connectivity index (χ0n) is 9.06. The molecule has 0 saturated carbocycles. The number of hydrogen-bond donors (Lipinski definition) is 1. The Morgan fingerprint density at radius 1 is 1.40 bits per heavy atom. The van der Waals surface area contributed by atoms with Crippen molar-refractivity contribution in [3.05, 3.63) is 29.8 Å². The lowest BCUT2D eigenvalue weighted by molar-refractivity contribution is 0.0209. The Kier molecular flexibility index (Phi) is 4.71. The number of ether oxygens (including phenoxy) is 2. The third kappa shape index (κ3) is 3.64. The summed E-state index contributed by atoms with van der Waals surface area (Å²) in [5, 5.41) is 9.60. The monoisotopic (exact) mass is 208 g/mol. The molecule has 0 aliphatic carbocycles. The van der Waals surface area contributed by atoms with Crippen molar-refractivity contribution in [2.24, 2.45) is 0 Å². The van der Waals surface area contributed by atoms with Crippen molar-refractivity contribution in [3.8, 4) is 11.5 Å². The van der Waals surface area contributed by atoms with E-state index in [9.17, 15) is 5.11 Å². The van der Waals surface area contributed by atoms with Crippen molar-refractivity contribution in [2.45, 2.75) is 13.8 Å². The molecular formula is C12H16O3. The van der Waals surface area contributed by atoms with Gasteiger partial charge in [0.1, 0.15) is 0 Å². The lowest BCUT2D eigenvalue weighted by Gasteiger charge is -2.07. The van der Waals surface area contributed by atoms with Crippen LogP contribution in [-0.2, 0) is 4.74 Å². The van der Waals surface area contributed by atoms with E-state index < -0.39 is 0 Å². The van der Waals surface area contributed by atoms with Gasteiger partial charge in [0.25, 0.3) is 0 Å². The first kappa shape index (κ1) is 11.6. The molecule has 0 aromatic heterocycles. The molecule has 3 heteroatoms. The van der Waals surface area contributed by atoms with Crippen LogP contribution < -0.4 is 4.74 Å². The van der Waals surface area contributed by atoms with Crippen LogP contribution in [-0.4, -0.2) is 18.5 Å². The summed E-state index contributed by atoms with van der Waals surface area (Å²) in [6.07, 6.45) is 3.82. The molecule has 0 unspecified atom stereocenters. The molecule has 0 atom stereocenters. The predicted octanol–water partition coefficient (Wildman–Crippen LogP) is 2.80. The van der Waals surface area contributed by atoms with Gasteiger partial charge >= 0.3 is 0 Å². The van der Waals surface area contributed by atoms with Gasteiger partial charge in [-0.25, -0.2) is 0 Å². The fourth-order valence-electron chi connectivity index (χ4n) is 1.14. The molecule has 0 saturated heterocycles. The smallest absolute Gasteiger partial charge is 0.189 e. The number of phenols is 1. The van der Waals surface area contributed by atoms with Crippen LogP contribution in [0.5, 0.6) is 11.5 Å². The fourth-order valence-corrected chi connectivity index (χ4v) is 1.14. The molecule has 0 aliphatic heterocycles. The molecule has 1 rings (SSSR count). The largest absolute Gasteiger partial charge is 0.504 e.